The summed E-state index contributed by atoms with van der Waals surface area (Å²) in [6.45, 7) is 0. The molecular formula is C18H12N4O2. The molecule has 0 aliphatic rings. The molecule has 0 fully saturated rings. The van der Waals surface area contributed by atoms with Crippen LogP contribution in [-0.4, -0.2) is 21.0 Å². The molecule has 24 heavy (non-hydrogen) atoms. The molecule has 0 bridgehead atoms. The molecule has 1 amide bonds. The molecule has 2 aromatic carbocycles. The van der Waals surface area contributed by atoms with Crippen LogP contribution in [0.25, 0.3) is 33.7 Å². The molecule has 0 atom stereocenters. The molecule has 2 heterocycles. The predicted molar refractivity (Wildman–Crippen MR) is 89.0 cm³/mol. The van der Waals surface area contributed by atoms with Gasteiger partial charge in [-0.1, -0.05) is 65.8 Å². The van der Waals surface area contributed by atoms with Gasteiger partial charge in [0.15, 0.2) is 11.5 Å². The molecule has 0 aliphatic carbocycles. The maximum atomic E-state index is 11.6. The molecule has 2 aromatic heterocycles. The van der Waals surface area contributed by atoms with Gasteiger partial charge in [-0.05, 0) is 0 Å². The molecule has 0 radical (unpaired) electrons. The van der Waals surface area contributed by atoms with Gasteiger partial charge in [0, 0.05) is 11.1 Å². The first-order valence-electron chi connectivity index (χ1n) is 7.32. The van der Waals surface area contributed by atoms with Gasteiger partial charge < -0.3 is 10.3 Å². The lowest BCUT2D eigenvalue weighted by Crippen LogP contribution is -2.12. The van der Waals surface area contributed by atoms with Gasteiger partial charge in [0.2, 0.25) is 5.58 Å². The van der Waals surface area contributed by atoms with Crippen LogP contribution in [0, 0.1) is 0 Å². The number of carbonyl (C=O) groups is 1. The molecule has 6 heteroatoms. The highest BCUT2D eigenvalue weighted by Gasteiger charge is 2.21. The van der Waals surface area contributed by atoms with Crippen molar-refractivity contribution >= 4 is 17.0 Å². The summed E-state index contributed by atoms with van der Waals surface area (Å²) < 4.78 is 5.31. The van der Waals surface area contributed by atoms with Crippen molar-refractivity contribution in [2.24, 2.45) is 5.73 Å². The van der Waals surface area contributed by atoms with E-state index in [9.17, 15) is 4.79 Å². The topological polar surface area (TPSA) is 94.9 Å². The van der Waals surface area contributed by atoms with Crippen LogP contribution in [0.4, 0.5) is 0 Å². The Morgan fingerprint density at radius 2 is 1.50 bits per heavy atom. The minimum Gasteiger partial charge on any atom is -0.364 e. The largest absolute Gasteiger partial charge is 0.364 e. The Kier molecular flexibility index (Phi) is 3.28. The summed E-state index contributed by atoms with van der Waals surface area (Å²) in [7, 11) is 0. The van der Waals surface area contributed by atoms with Crippen molar-refractivity contribution in [1.82, 2.24) is 15.1 Å². The summed E-state index contributed by atoms with van der Waals surface area (Å²) >= 11 is 0. The highest BCUT2D eigenvalue weighted by molar-refractivity contribution is 6.04. The number of primary amides is 1. The van der Waals surface area contributed by atoms with Crippen molar-refractivity contribution in [1.29, 1.82) is 0 Å². The molecule has 0 aliphatic heterocycles. The number of benzene rings is 2. The number of hydrogen-bond donors (Lipinski definition) is 1. The average molecular weight is 316 g/mol. The van der Waals surface area contributed by atoms with Gasteiger partial charge in [0.1, 0.15) is 11.2 Å². The third kappa shape index (κ3) is 2.30. The minimum absolute atomic E-state index is 0.00163. The van der Waals surface area contributed by atoms with E-state index in [4.69, 9.17) is 10.3 Å². The number of fused-ring (bicyclic) bond motifs is 1. The van der Waals surface area contributed by atoms with E-state index in [0.29, 0.717) is 22.6 Å². The lowest BCUT2D eigenvalue weighted by atomic mass is 10.1. The minimum atomic E-state index is -0.689. The standard InChI is InChI=1S/C18H12N4O2/c19-17(23)15-14-16(24-22-15)13(11-7-3-1-4-8-11)20-18(21-14)12-9-5-2-6-10-12/h1-10H,(H2,19,23). The summed E-state index contributed by atoms with van der Waals surface area (Å²) in [6, 6.07) is 19.0. The average Bonchev–Trinajstić information content (AvgIpc) is 3.06. The van der Waals surface area contributed by atoms with Crippen molar-refractivity contribution < 1.29 is 9.32 Å². The van der Waals surface area contributed by atoms with E-state index in [2.05, 4.69) is 15.1 Å². The first-order chi connectivity index (χ1) is 11.7. The first kappa shape index (κ1) is 14.1. The number of carbonyl (C=O) groups excluding carboxylic acids is 1. The molecule has 0 saturated carbocycles. The van der Waals surface area contributed by atoms with Gasteiger partial charge in [-0.3, -0.25) is 4.79 Å². The number of nitrogens with two attached hydrogens (primary N) is 1. The fourth-order valence-electron chi connectivity index (χ4n) is 2.50. The molecule has 0 spiro atoms. The Bertz CT molecular complexity index is 1030. The molecule has 6 nitrogen and oxygen atoms in total. The highest BCUT2D eigenvalue weighted by Crippen LogP contribution is 2.30. The van der Waals surface area contributed by atoms with E-state index in [0.717, 1.165) is 11.1 Å². The molecular weight excluding hydrogens is 304 g/mol. The molecule has 4 aromatic rings. The second-order valence-electron chi connectivity index (χ2n) is 5.20. The van der Waals surface area contributed by atoms with Crippen LogP contribution < -0.4 is 5.73 Å². The number of rotatable bonds is 3. The van der Waals surface area contributed by atoms with Crippen molar-refractivity contribution in [2.45, 2.75) is 0 Å². The van der Waals surface area contributed by atoms with Gasteiger partial charge in [-0.15, -0.1) is 0 Å². The second-order valence-corrected chi connectivity index (χ2v) is 5.20. The Labute approximate surface area is 136 Å². The summed E-state index contributed by atoms with van der Waals surface area (Å²) in [5.74, 6) is -0.210. The zero-order valence-electron chi connectivity index (χ0n) is 12.5. The van der Waals surface area contributed by atoms with E-state index in [1.807, 2.05) is 60.7 Å². The fraction of sp³-hybridized carbons (Fsp3) is 0. The van der Waals surface area contributed by atoms with Gasteiger partial charge >= 0.3 is 0 Å². The second kappa shape index (κ2) is 5.58. The van der Waals surface area contributed by atoms with Crippen molar-refractivity contribution in [3.8, 4) is 22.6 Å². The van der Waals surface area contributed by atoms with Crippen LogP contribution in [0.1, 0.15) is 10.5 Å². The van der Waals surface area contributed by atoms with Crippen LogP contribution in [0.2, 0.25) is 0 Å². The van der Waals surface area contributed by atoms with Gasteiger partial charge in [0.05, 0.1) is 0 Å². The zero-order chi connectivity index (χ0) is 16.5. The SMILES string of the molecule is NC(=O)c1noc2c(-c3ccccc3)nc(-c3ccccc3)nc12. The van der Waals surface area contributed by atoms with Crippen LogP contribution in [-0.2, 0) is 0 Å². The van der Waals surface area contributed by atoms with E-state index >= 15 is 0 Å². The third-order valence-electron chi connectivity index (χ3n) is 3.63. The number of hydrogen-bond acceptors (Lipinski definition) is 5. The molecule has 4 rings (SSSR count). The quantitative estimate of drug-likeness (QED) is 0.627. The van der Waals surface area contributed by atoms with E-state index in [1.165, 1.54) is 0 Å². The number of amides is 1. The van der Waals surface area contributed by atoms with Gasteiger partial charge in [-0.2, -0.15) is 0 Å². The maximum Gasteiger partial charge on any atom is 0.273 e. The van der Waals surface area contributed by atoms with Crippen molar-refractivity contribution in [2.75, 3.05) is 0 Å². The lowest BCUT2D eigenvalue weighted by molar-refractivity contribution is 0.0993. The van der Waals surface area contributed by atoms with Crippen LogP contribution in [0.5, 0.6) is 0 Å². The summed E-state index contributed by atoms with van der Waals surface area (Å²) in [5, 5.41) is 3.76. The maximum absolute atomic E-state index is 11.6. The van der Waals surface area contributed by atoms with E-state index < -0.39 is 5.91 Å². The summed E-state index contributed by atoms with van der Waals surface area (Å²) in [5.41, 5.74) is 8.28. The Morgan fingerprint density at radius 1 is 0.875 bits per heavy atom. The monoisotopic (exact) mass is 316 g/mol. The lowest BCUT2D eigenvalue weighted by Gasteiger charge is -2.05. The molecule has 116 valence electrons. The van der Waals surface area contributed by atoms with Crippen LogP contribution in [0.15, 0.2) is 65.2 Å². The van der Waals surface area contributed by atoms with Crippen molar-refractivity contribution in [3.05, 3.63) is 66.4 Å². The van der Waals surface area contributed by atoms with Gasteiger partial charge in [-0.25, -0.2) is 9.97 Å². The third-order valence-corrected chi connectivity index (χ3v) is 3.63. The predicted octanol–water partition coefficient (Wildman–Crippen LogP) is 3.05. The molecule has 0 saturated heterocycles. The normalized spacial score (nSPS) is 10.8. The molecule has 0 unspecified atom stereocenters. The number of aromatic nitrogens is 3. The Balaban J connectivity index is 2.05. The molecule has 2 N–H and O–H groups in total. The Morgan fingerprint density at radius 3 is 2.12 bits per heavy atom. The van der Waals surface area contributed by atoms with Crippen molar-refractivity contribution in [3.63, 3.8) is 0 Å². The summed E-state index contributed by atoms with van der Waals surface area (Å²) in [4.78, 5) is 20.7. The zero-order valence-corrected chi connectivity index (χ0v) is 12.5. The number of nitrogens with zero attached hydrogens (tertiary/aromatic N) is 3. The van der Waals surface area contributed by atoms with E-state index in [-0.39, 0.29) is 5.69 Å². The highest BCUT2D eigenvalue weighted by atomic mass is 16.5. The van der Waals surface area contributed by atoms with Crippen LogP contribution in [0.3, 0.4) is 0 Å². The first-order valence-corrected chi connectivity index (χ1v) is 7.32. The smallest absolute Gasteiger partial charge is 0.273 e. The fourth-order valence-corrected chi connectivity index (χ4v) is 2.50. The summed E-state index contributed by atoms with van der Waals surface area (Å²) in [6.07, 6.45) is 0. The van der Waals surface area contributed by atoms with Gasteiger partial charge in [0.25, 0.3) is 5.91 Å². The Hall–Kier alpha value is -3.54. The van der Waals surface area contributed by atoms with E-state index in [1.54, 1.807) is 0 Å². The van der Waals surface area contributed by atoms with Crippen LogP contribution >= 0.6 is 0 Å².